The molecule has 1 amide bonds. The summed E-state index contributed by atoms with van der Waals surface area (Å²) in [5, 5.41) is 4.56. The summed E-state index contributed by atoms with van der Waals surface area (Å²) < 4.78 is 5.27. The minimum Gasteiger partial charge on any atom is -0.497 e. The number of methoxy groups -OCH3 is 1. The molecular formula is C15H19ClN2O2. The number of H-pyrrole nitrogens is 1. The number of amides is 1. The second-order valence-corrected chi connectivity index (χ2v) is 5.23. The van der Waals surface area contributed by atoms with Crippen molar-refractivity contribution in [3.63, 3.8) is 0 Å². The zero-order valence-electron chi connectivity index (χ0n) is 11.9. The van der Waals surface area contributed by atoms with Gasteiger partial charge in [-0.05, 0) is 18.1 Å². The normalized spacial score (nSPS) is 12.4. The van der Waals surface area contributed by atoms with Gasteiger partial charge in [-0.3, -0.25) is 4.79 Å². The maximum Gasteiger partial charge on any atom is 0.216 e. The van der Waals surface area contributed by atoms with Gasteiger partial charge in [0, 0.05) is 37.0 Å². The smallest absolute Gasteiger partial charge is 0.216 e. The summed E-state index contributed by atoms with van der Waals surface area (Å²) in [7, 11) is 1.62. The first kappa shape index (κ1) is 14.7. The fourth-order valence-corrected chi connectivity index (χ4v) is 2.64. The van der Waals surface area contributed by atoms with E-state index in [0.717, 1.165) is 28.6 Å². The first-order valence-electron chi connectivity index (χ1n) is 6.65. The van der Waals surface area contributed by atoms with E-state index in [1.807, 2.05) is 12.3 Å². The van der Waals surface area contributed by atoms with Crippen LogP contribution in [0.25, 0.3) is 10.9 Å². The van der Waals surface area contributed by atoms with Crippen molar-refractivity contribution in [1.82, 2.24) is 10.3 Å². The van der Waals surface area contributed by atoms with Crippen molar-refractivity contribution in [1.29, 1.82) is 0 Å². The van der Waals surface area contributed by atoms with E-state index in [4.69, 9.17) is 16.3 Å². The third kappa shape index (κ3) is 2.90. The van der Waals surface area contributed by atoms with Gasteiger partial charge in [0.25, 0.3) is 0 Å². The number of hydrogen-bond acceptors (Lipinski definition) is 2. The fourth-order valence-electron chi connectivity index (χ4n) is 2.38. The molecule has 1 aromatic carbocycles. The zero-order chi connectivity index (χ0) is 14.7. The van der Waals surface area contributed by atoms with Crippen LogP contribution in [-0.4, -0.2) is 24.5 Å². The Morgan fingerprint density at radius 3 is 2.85 bits per heavy atom. The number of nitrogens with one attached hydrogen (secondary N) is 2. The molecule has 0 aliphatic carbocycles. The van der Waals surface area contributed by atoms with Crippen molar-refractivity contribution in [2.75, 3.05) is 13.7 Å². The van der Waals surface area contributed by atoms with Crippen LogP contribution in [0.15, 0.2) is 18.3 Å². The summed E-state index contributed by atoms with van der Waals surface area (Å²) in [6, 6.07) is 3.77. The van der Waals surface area contributed by atoms with Gasteiger partial charge in [0.15, 0.2) is 0 Å². The number of rotatable bonds is 5. The van der Waals surface area contributed by atoms with Crippen LogP contribution in [0.5, 0.6) is 5.75 Å². The van der Waals surface area contributed by atoms with Crippen LogP contribution in [0.1, 0.15) is 31.7 Å². The predicted molar refractivity (Wildman–Crippen MR) is 81.6 cm³/mol. The third-order valence-corrected chi connectivity index (χ3v) is 3.81. The van der Waals surface area contributed by atoms with Gasteiger partial charge >= 0.3 is 0 Å². The molecule has 2 N–H and O–H groups in total. The first-order chi connectivity index (χ1) is 9.56. The summed E-state index contributed by atoms with van der Waals surface area (Å²) in [5.41, 5.74) is 2.06. The van der Waals surface area contributed by atoms with Crippen molar-refractivity contribution in [2.45, 2.75) is 26.2 Å². The molecule has 0 saturated carbocycles. The molecule has 0 spiro atoms. The minimum atomic E-state index is -0.0149. The van der Waals surface area contributed by atoms with Crippen LogP contribution in [0.4, 0.5) is 0 Å². The fraction of sp³-hybridized carbons (Fsp3) is 0.400. The number of carbonyl (C=O) groups excluding carboxylic acids is 1. The molecule has 4 nitrogen and oxygen atoms in total. The van der Waals surface area contributed by atoms with Crippen molar-refractivity contribution in [3.05, 3.63) is 28.9 Å². The molecule has 1 unspecified atom stereocenters. The Morgan fingerprint density at radius 2 is 2.25 bits per heavy atom. The Kier molecular flexibility index (Phi) is 4.55. The molecule has 0 bridgehead atoms. The van der Waals surface area contributed by atoms with Gasteiger partial charge in [-0.1, -0.05) is 18.5 Å². The summed E-state index contributed by atoms with van der Waals surface area (Å²) in [5.74, 6) is 0.965. The quantitative estimate of drug-likeness (QED) is 0.887. The lowest BCUT2D eigenvalue weighted by atomic mass is 9.96. The highest BCUT2D eigenvalue weighted by Crippen LogP contribution is 2.34. The Balaban J connectivity index is 2.42. The monoisotopic (exact) mass is 294 g/mol. The highest BCUT2D eigenvalue weighted by molar-refractivity contribution is 6.35. The van der Waals surface area contributed by atoms with E-state index >= 15 is 0 Å². The number of hydrogen-bond donors (Lipinski definition) is 2. The molecule has 0 aliphatic heterocycles. The highest BCUT2D eigenvalue weighted by Gasteiger charge is 2.16. The van der Waals surface area contributed by atoms with Crippen molar-refractivity contribution in [3.8, 4) is 5.75 Å². The van der Waals surface area contributed by atoms with E-state index < -0.39 is 0 Å². The molecule has 20 heavy (non-hydrogen) atoms. The zero-order valence-corrected chi connectivity index (χ0v) is 12.7. The lowest BCUT2D eigenvalue weighted by Crippen LogP contribution is -2.25. The predicted octanol–water partition coefficient (Wildman–Crippen LogP) is 3.46. The summed E-state index contributed by atoms with van der Waals surface area (Å²) in [4.78, 5) is 14.3. The van der Waals surface area contributed by atoms with Gasteiger partial charge in [-0.2, -0.15) is 0 Å². The molecule has 2 rings (SSSR count). The van der Waals surface area contributed by atoms with Gasteiger partial charge in [0.2, 0.25) is 5.91 Å². The van der Waals surface area contributed by atoms with Crippen LogP contribution in [0.3, 0.4) is 0 Å². The van der Waals surface area contributed by atoms with Crippen molar-refractivity contribution >= 4 is 28.4 Å². The summed E-state index contributed by atoms with van der Waals surface area (Å²) in [6.45, 7) is 4.25. The van der Waals surface area contributed by atoms with E-state index in [1.54, 1.807) is 13.2 Å². The van der Waals surface area contributed by atoms with Crippen LogP contribution in [0, 0.1) is 0 Å². The maximum atomic E-state index is 11.1. The summed E-state index contributed by atoms with van der Waals surface area (Å²) in [6.07, 6.45) is 2.90. The van der Waals surface area contributed by atoms with Crippen LogP contribution >= 0.6 is 11.6 Å². The first-order valence-corrected chi connectivity index (χ1v) is 7.03. The standard InChI is InChI=1S/C15H19ClN2O2/c1-4-10(7-17-9(2)19)13-8-18-15-12(13)5-11(20-3)6-14(15)16/h5-6,8,10,18H,4,7H2,1-3H3,(H,17,19). The largest absolute Gasteiger partial charge is 0.497 e. The molecule has 0 aliphatic rings. The maximum absolute atomic E-state index is 11.1. The molecule has 1 heterocycles. The molecule has 2 aromatic rings. The van der Waals surface area contributed by atoms with E-state index in [1.165, 1.54) is 6.92 Å². The van der Waals surface area contributed by atoms with Crippen LogP contribution in [-0.2, 0) is 4.79 Å². The molecule has 108 valence electrons. The Labute approximate surface area is 123 Å². The molecule has 0 saturated heterocycles. The lowest BCUT2D eigenvalue weighted by molar-refractivity contribution is -0.119. The average Bonchev–Trinajstić information content (AvgIpc) is 2.83. The number of aromatic nitrogens is 1. The molecule has 0 radical (unpaired) electrons. The molecular weight excluding hydrogens is 276 g/mol. The average molecular weight is 295 g/mol. The van der Waals surface area contributed by atoms with Gasteiger partial charge in [0.05, 0.1) is 17.6 Å². The topological polar surface area (TPSA) is 54.1 Å². The Morgan fingerprint density at radius 1 is 1.50 bits per heavy atom. The van der Waals surface area contributed by atoms with E-state index in [9.17, 15) is 4.79 Å². The van der Waals surface area contributed by atoms with E-state index in [-0.39, 0.29) is 11.8 Å². The van der Waals surface area contributed by atoms with Crippen molar-refractivity contribution in [2.24, 2.45) is 0 Å². The second-order valence-electron chi connectivity index (χ2n) is 4.82. The van der Waals surface area contributed by atoms with Gasteiger partial charge in [-0.15, -0.1) is 0 Å². The van der Waals surface area contributed by atoms with E-state index in [0.29, 0.717) is 11.6 Å². The van der Waals surface area contributed by atoms with Crippen LogP contribution < -0.4 is 10.1 Å². The SMILES string of the molecule is CCC(CNC(C)=O)c1c[nH]c2c(Cl)cc(OC)cc12. The van der Waals surface area contributed by atoms with Gasteiger partial charge in [0.1, 0.15) is 5.75 Å². The molecule has 5 heteroatoms. The third-order valence-electron chi connectivity index (χ3n) is 3.51. The number of carbonyl (C=O) groups is 1. The molecule has 1 atom stereocenters. The number of benzene rings is 1. The number of halogens is 1. The number of fused-ring (bicyclic) bond motifs is 1. The number of aromatic amines is 1. The molecule has 1 aromatic heterocycles. The van der Waals surface area contributed by atoms with Gasteiger partial charge in [-0.25, -0.2) is 0 Å². The molecule has 0 fully saturated rings. The van der Waals surface area contributed by atoms with Crippen LogP contribution in [0.2, 0.25) is 5.02 Å². The number of ether oxygens (including phenoxy) is 1. The lowest BCUT2D eigenvalue weighted by Gasteiger charge is -2.15. The summed E-state index contributed by atoms with van der Waals surface area (Å²) >= 11 is 6.25. The minimum absolute atomic E-state index is 0.0149. The van der Waals surface area contributed by atoms with E-state index in [2.05, 4.69) is 17.2 Å². The van der Waals surface area contributed by atoms with Crippen molar-refractivity contribution < 1.29 is 9.53 Å². The Hall–Kier alpha value is -1.68. The second kappa shape index (κ2) is 6.18. The van der Waals surface area contributed by atoms with Gasteiger partial charge < -0.3 is 15.0 Å². The highest BCUT2D eigenvalue weighted by atomic mass is 35.5. The Bertz CT molecular complexity index is 622.